The number of hydrazone groups is 1. The van der Waals surface area contributed by atoms with Gasteiger partial charge >= 0.3 is 0 Å². The number of nitrogens with one attached hydrogen (secondary N) is 1. The molecule has 0 aliphatic carbocycles. The molecule has 7 heteroatoms. The highest BCUT2D eigenvalue weighted by Gasteiger charge is 2.07. The Kier molecular flexibility index (Phi) is 4.45. The van der Waals surface area contributed by atoms with Crippen LogP contribution in [0.5, 0.6) is 11.5 Å². The largest absolute Gasteiger partial charge is 0.504 e. The highest BCUT2D eigenvalue weighted by molar-refractivity contribution is 6.00. The van der Waals surface area contributed by atoms with Crippen LogP contribution in [-0.4, -0.2) is 33.8 Å². The van der Waals surface area contributed by atoms with Gasteiger partial charge in [-0.25, -0.2) is 10.4 Å². The smallest absolute Gasteiger partial charge is 0.291 e. The van der Waals surface area contributed by atoms with Gasteiger partial charge < -0.3 is 9.84 Å². The first-order chi connectivity index (χ1) is 10.1. The minimum absolute atomic E-state index is 0.0395. The molecule has 0 fully saturated rings. The van der Waals surface area contributed by atoms with Crippen LogP contribution >= 0.6 is 0 Å². The minimum Gasteiger partial charge on any atom is -0.504 e. The Morgan fingerprint density at radius 2 is 2.19 bits per heavy atom. The second-order valence-corrected chi connectivity index (χ2v) is 4.12. The zero-order chi connectivity index (χ0) is 15.2. The topological polar surface area (TPSA) is 96.7 Å². The Balaban J connectivity index is 2.13. The second kappa shape index (κ2) is 6.47. The quantitative estimate of drug-likeness (QED) is 0.653. The summed E-state index contributed by atoms with van der Waals surface area (Å²) in [7, 11) is 1.46. The first-order valence-corrected chi connectivity index (χ1v) is 6.10. The lowest BCUT2D eigenvalue weighted by atomic mass is 10.1. The zero-order valence-corrected chi connectivity index (χ0v) is 11.6. The number of phenolic OH excluding ortho intramolecular Hbond substituents is 1. The second-order valence-electron chi connectivity index (χ2n) is 4.12. The lowest BCUT2D eigenvalue weighted by Gasteiger charge is -2.06. The number of nitrogens with zero attached hydrogens (tertiary/aromatic N) is 3. The van der Waals surface area contributed by atoms with Crippen molar-refractivity contribution in [3.8, 4) is 11.5 Å². The van der Waals surface area contributed by atoms with Gasteiger partial charge in [-0.2, -0.15) is 5.10 Å². The number of carbonyl (C=O) groups excluding carboxylic acids is 1. The maximum absolute atomic E-state index is 11.8. The fraction of sp³-hybridized carbons (Fsp3) is 0.143. The number of methoxy groups -OCH3 is 1. The van der Waals surface area contributed by atoms with E-state index < -0.39 is 5.91 Å². The fourth-order valence-electron chi connectivity index (χ4n) is 1.58. The number of amides is 1. The van der Waals surface area contributed by atoms with Crippen molar-refractivity contribution in [1.29, 1.82) is 0 Å². The SMILES string of the molecule is COc1cc(/C(C)=N/NC(=O)c2cnccn2)ccc1O. The van der Waals surface area contributed by atoms with Crippen LogP contribution in [0.4, 0.5) is 0 Å². The van der Waals surface area contributed by atoms with E-state index >= 15 is 0 Å². The van der Waals surface area contributed by atoms with Crippen LogP contribution in [0.15, 0.2) is 41.9 Å². The molecule has 0 saturated heterocycles. The van der Waals surface area contributed by atoms with Crippen molar-refractivity contribution in [3.63, 3.8) is 0 Å². The third-order valence-electron chi connectivity index (χ3n) is 2.72. The van der Waals surface area contributed by atoms with Crippen LogP contribution < -0.4 is 10.2 Å². The van der Waals surface area contributed by atoms with Crippen molar-refractivity contribution in [1.82, 2.24) is 15.4 Å². The van der Waals surface area contributed by atoms with Gasteiger partial charge in [0.1, 0.15) is 5.69 Å². The van der Waals surface area contributed by atoms with Crippen LogP contribution in [-0.2, 0) is 0 Å². The predicted octanol–water partition coefficient (Wildman–Crippen LogP) is 1.34. The van der Waals surface area contributed by atoms with Gasteiger partial charge in [-0.1, -0.05) is 0 Å². The first kappa shape index (κ1) is 14.4. The highest BCUT2D eigenvalue weighted by atomic mass is 16.5. The summed E-state index contributed by atoms with van der Waals surface area (Å²) in [5, 5.41) is 13.5. The molecule has 1 aromatic carbocycles. The van der Waals surface area contributed by atoms with Crippen LogP contribution in [0, 0.1) is 0 Å². The Morgan fingerprint density at radius 1 is 1.38 bits per heavy atom. The van der Waals surface area contributed by atoms with E-state index in [0.717, 1.165) is 0 Å². The van der Waals surface area contributed by atoms with E-state index in [9.17, 15) is 9.90 Å². The summed E-state index contributed by atoms with van der Waals surface area (Å²) in [5.74, 6) is -0.0758. The molecule has 21 heavy (non-hydrogen) atoms. The van der Waals surface area contributed by atoms with Gasteiger partial charge in [0, 0.05) is 18.0 Å². The summed E-state index contributed by atoms with van der Waals surface area (Å²) < 4.78 is 5.02. The van der Waals surface area contributed by atoms with E-state index in [-0.39, 0.29) is 11.4 Å². The average Bonchev–Trinajstić information content (AvgIpc) is 2.53. The van der Waals surface area contributed by atoms with Gasteiger partial charge in [-0.15, -0.1) is 0 Å². The summed E-state index contributed by atoms with van der Waals surface area (Å²) in [6.45, 7) is 1.72. The first-order valence-electron chi connectivity index (χ1n) is 6.10. The van der Waals surface area contributed by atoms with Crippen molar-refractivity contribution in [2.45, 2.75) is 6.92 Å². The van der Waals surface area contributed by atoms with E-state index in [1.807, 2.05) is 0 Å². The zero-order valence-electron chi connectivity index (χ0n) is 11.6. The highest BCUT2D eigenvalue weighted by Crippen LogP contribution is 2.26. The third kappa shape index (κ3) is 3.53. The van der Waals surface area contributed by atoms with E-state index in [4.69, 9.17) is 4.74 Å². The molecule has 0 spiro atoms. The molecule has 2 N–H and O–H groups in total. The average molecular weight is 286 g/mol. The van der Waals surface area contributed by atoms with Crippen LogP contribution in [0.3, 0.4) is 0 Å². The molecule has 108 valence electrons. The number of hydrogen-bond donors (Lipinski definition) is 2. The summed E-state index contributed by atoms with van der Waals surface area (Å²) in [6.07, 6.45) is 4.26. The molecule has 1 aromatic heterocycles. The van der Waals surface area contributed by atoms with E-state index in [1.54, 1.807) is 19.1 Å². The summed E-state index contributed by atoms with van der Waals surface area (Å²) >= 11 is 0. The number of aromatic nitrogens is 2. The number of hydrogen-bond acceptors (Lipinski definition) is 6. The summed E-state index contributed by atoms with van der Waals surface area (Å²) in [4.78, 5) is 19.5. The third-order valence-corrected chi connectivity index (χ3v) is 2.72. The van der Waals surface area contributed by atoms with Crippen molar-refractivity contribution < 1.29 is 14.6 Å². The van der Waals surface area contributed by atoms with Gasteiger partial charge in [0.25, 0.3) is 5.91 Å². The number of rotatable bonds is 4. The van der Waals surface area contributed by atoms with Crippen molar-refractivity contribution >= 4 is 11.6 Å². The fourth-order valence-corrected chi connectivity index (χ4v) is 1.58. The molecule has 7 nitrogen and oxygen atoms in total. The molecule has 1 heterocycles. The number of ether oxygens (including phenoxy) is 1. The van der Waals surface area contributed by atoms with Crippen molar-refractivity contribution in [2.75, 3.05) is 7.11 Å². The van der Waals surface area contributed by atoms with E-state index in [0.29, 0.717) is 17.0 Å². The number of aromatic hydroxyl groups is 1. The lowest BCUT2D eigenvalue weighted by molar-refractivity contribution is 0.0949. The van der Waals surface area contributed by atoms with E-state index in [1.165, 1.54) is 31.8 Å². The predicted molar refractivity (Wildman–Crippen MR) is 76.4 cm³/mol. The van der Waals surface area contributed by atoms with Gasteiger partial charge in [-0.3, -0.25) is 9.78 Å². The molecule has 2 rings (SSSR count). The molecular weight excluding hydrogens is 272 g/mol. The van der Waals surface area contributed by atoms with Gasteiger partial charge in [0.2, 0.25) is 0 Å². The lowest BCUT2D eigenvalue weighted by Crippen LogP contribution is -2.20. The standard InChI is InChI=1S/C14H14N4O3/c1-9(10-3-4-12(19)13(7-10)21-2)17-18-14(20)11-8-15-5-6-16-11/h3-8,19H,1-2H3,(H,18,20)/b17-9+. The minimum atomic E-state index is -0.451. The summed E-state index contributed by atoms with van der Waals surface area (Å²) in [5.41, 5.74) is 3.84. The van der Waals surface area contributed by atoms with Gasteiger partial charge in [-0.05, 0) is 25.1 Å². The van der Waals surface area contributed by atoms with E-state index in [2.05, 4.69) is 20.5 Å². The van der Waals surface area contributed by atoms with Crippen LogP contribution in [0.2, 0.25) is 0 Å². The maximum atomic E-state index is 11.8. The molecule has 0 aliphatic heterocycles. The molecule has 0 radical (unpaired) electrons. The number of benzene rings is 1. The Bertz CT molecular complexity index is 671. The number of phenols is 1. The monoisotopic (exact) mass is 286 g/mol. The molecule has 0 unspecified atom stereocenters. The van der Waals surface area contributed by atoms with Crippen molar-refractivity contribution in [2.24, 2.45) is 5.10 Å². The Labute approximate surface area is 121 Å². The molecule has 0 saturated carbocycles. The molecule has 0 bridgehead atoms. The molecule has 0 aliphatic rings. The molecule has 2 aromatic rings. The molecule has 0 atom stereocenters. The summed E-state index contributed by atoms with van der Waals surface area (Å²) in [6, 6.07) is 4.80. The van der Waals surface area contributed by atoms with Crippen molar-refractivity contribution in [3.05, 3.63) is 48.0 Å². The molecular formula is C14H14N4O3. The van der Waals surface area contributed by atoms with Crippen LogP contribution in [0.1, 0.15) is 23.0 Å². The van der Waals surface area contributed by atoms with Gasteiger partial charge in [0.05, 0.1) is 19.0 Å². The Hall–Kier alpha value is -2.96. The molecule has 1 amide bonds. The Morgan fingerprint density at radius 3 is 2.86 bits per heavy atom. The van der Waals surface area contributed by atoms with Gasteiger partial charge in [0.15, 0.2) is 11.5 Å². The number of carbonyl (C=O) groups is 1. The normalized spacial score (nSPS) is 11.0. The van der Waals surface area contributed by atoms with Crippen LogP contribution in [0.25, 0.3) is 0 Å². The maximum Gasteiger partial charge on any atom is 0.291 e.